The summed E-state index contributed by atoms with van der Waals surface area (Å²) in [7, 11) is 2.21. The van der Waals surface area contributed by atoms with Crippen LogP contribution in [-0.2, 0) is 5.41 Å². The van der Waals surface area contributed by atoms with Gasteiger partial charge in [-0.25, -0.2) is 0 Å². The van der Waals surface area contributed by atoms with Crippen molar-refractivity contribution < 1.29 is 4.79 Å². The van der Waals surface area contributed by atoms with Gasteiger partial charge in [-0.05, 0) is 44.5 Å². The van der Waals surface area contributed by atoms with Crippen molar-refractivity contribution in [2.75, 3.05) is 20.1 Å². The second-order valence-electron chi connectivity index (χ2n) is 5.57. The second-order valence-corrected chi connectivity index (χ2v) is 5.57. The van der Waals surface area contributed by atoms with Crippen LogP contribution in [0.2, 0.25) is 0 Å². The monoisotopic (exact) mass is 245 g/mol. The molecule has 1 atom stereocenters. The molecule has 1 saturated heterocycles. The fourth-order valence-corrected chi connectivity index (χ4v) is 3.19. The van der Waals surface area contributed by atoms with E-state index in [1.807, 2.05) is 12.1 Å². The molecular formula is C16H23NO. The van der Waals surface area contributed by atoms with Crippen LogP contribution in [0.4, 0.5) is 0 Å². The van der Waals surface area contributed by atoms with Crippen LogP contribution in [0.15, 0.2) is 24.3 Å². The molecule has 98 valence electrons. The summed E-state index contributed by atoms with van der Waals surface area (Å²) in [5.74, 6) is 0. The first kappa shape index (κ1) is 13.3. The van der Waals surface area contributed by atoms with Gasteiger partial charge in [-0.3, -0.25) is 4.79 Å². The fraction of sp³-hybridized carbons (Fsp3) is 0.562. The van der Waals surface area contributed by atoms with Gasteiger partial charge in [0.15, 0.2) is 0 Å². The highest BCUT2D eigenvalue weighted by atomic mass is 16.1. The van der Waals surface area contributed by atoms with Crippen molar-refractivity contribution >= 4 is 6.29 Å². The normalized spacial score (nSPS) is 25.7. The average Bonchev–Trinajstić information content (AvgIpc) is 2.61. The third kappa shape index (κ3) is 2.64. The minimum absolute atomic E-state index is 0.226. The van der Waals surface area contributed by atoms with Crippen molar-refractivity contribution in [1.29, 1.82) is 0 Å². The molecule has 18 heavy (non-hydrogen) atoms. The van der Waals surface area contributed by atoms with Crippen LogP contribution in [0.25, 0.3) is 0 Å². The SMILES string of the molecule is CCC1(c2cccc(C=O)c2)CCCCN(C)C1. The Morgan fingerprint density at radius 2 is 2.22 bits per heavy atom. The molecule has 1 fully saturated rings. The zero-order chi connectivity index (χ0) is 13.0. The van der Waals surface area contributed by atoms with Crippen molar-refractivity contribution in [2.45, 2.75) is 38.0 Å². The molecule has 1 aromatic rings. The Morgan fingerprint density at radius 1 is 1.39 bits per heavy atom. The molecule has 0 N–H and O–H groups in total. The van der Waals surface area contributed by atoms with Crippen molar-refractivity contribution in [3.8, 4) is 0 Å². The minimum Gasteiger partial charge on any atom is -0.305 e. The summed E-state index contributed by atoms with van der Waals surface area (Å²) in [5.41, 5.74) is 2.36. The van der Waals surface area contributed by atoms with Crippen LogP contribution >= 0.6 is 0 Å². The summed E-state index contributed by atoms with van der Waals surface area (Å²) in [6.45, 7) is 4.56. The van der Waals surface area contributed by atoms with Gasteiger partial charge >= 0.3 is 0 Å². The highest BCUT2D eigenvalue weighted by Gasteiger charge is 2.33. The molecule has 1 aromatic carbocycles. The van der Waals surface area contributed by atoms with Gasteiger partial charge in [-0.2, -0.15) is 0 Å². The van der Waals surface area contributed by atoms with Crippen LogP contribution < -0.4 is 0 Å². The van der Waals surface area contributed by atoms with Crippen LogP contribution in [0.3, 0.4) is 0 Å². The predicted octanol–water partition coefficient (Wildman–Crippen LogP) is 3.26. The van der Waals surface area contributed by atoms with E-state index in [1.165, 1.54) is 31.4 Å². The van der Waals surface area contributed by atoms with Gasteiger partial charge in [-0.15, -0.1) is 0 Å². The maximum Gasteiger partial charge on any atom is 0.150 e. The van der Waals surface area contributed by atoms with Crippen LogP contribution in [0.5, 0.6) is 0 Å². The molecule has 0 spiro atoms. The van der Waals surface area contributed by atoms with Gasteiger partial charge in [0.05, 0.1) is 0 Å². The summed E-state index contributed by atoms with van der Waals surface area (Å²) < 4.78 is 0. The largest absolute Gasteiger partial charge is 0.305 e. The van der Waals surface area contributed by atoms with Gasteiger partial charge in [-0.1, -0.05) is 31.5 Å². The zero-order valence-electron chi connectivity index (χ0n) is 11.5. The Labute approximate surface area is 110 Å². The number of aldehydes is 1. The Hall–Kier alpha value is -1.15. The molecule has 0 bridgehead atoms. The van der Waals surface area contributed by atoms with Crippen molar-refractivity contribution in [2.24, 2.45) is 0 Å². The number of likely N-dealkylation sites (tertiary alicyclic amines) is 1. The fourth-order valence-electron chi connectivity index (χ4n) is 3.19. The number of likely N-dealkylation sites (N-methyl/N-ethyl adjacent to an activating group) is 1. The van der Waals surface area contributed by atoms with E-state index in [0.29, 0.717) is 0 Å². The van der Waals surface area contributed by atoms with E-state index in [4.69, 9.17) is 0 Å². The number of nitrogens with zero attached hydrogens (tertiary/aromatic N) is 1. The van der Waals surface area contributed by atoms with E-state index < -0.39 is 0 Å². The van der Waals surface area contributed by atoms with E-state index in [9.17, 15) is 4.79 Å². The van der Waals surface area contributed by atoms with Gasteiger partial charge in [0, 0.05) is 17.5 Å². The first-order valence-electron chi connectivity index (χ1n) is 6.94. The first-order chi connectivity index (χ1) is 8.70. The maximum atomic E-state index is 11.0. The number of carbonyl (C=O) groups excluding carboxylic acids is 1. The summed E-state index contributed by atoms with van der Waals surface area (Å²) in [6.07, 6.45) is 5.89. The van der Waals surface area contributed by atoms with E-state index in [0.717, 1.165) is 24.8 Å². The van der Waals surface area contributed by atoms with Crippen molar-refractivity contribution in [1.82, 2.24) is 4.90 Å². The lowest BCUT2D eigenvalue weighted by Crippen LogP contribution is -2.37. The van der Waals surface area contributed by atoms with E-state index >= 15 is 0 Å². The summed E-state index contributed by atoms with van der Waals surface area (Å²) in [6, 6.07) is 8.17. The Kier molecular flexibility index (Phi) is 4.18. The number of benzene rings is 1. The summed E-state index contributed by atoms with van der Waals surface area (Å²) in [5, 5.41) is 0. The molecule has 0 radical (unpaired) electrons. The van der Waals surface area contributed by atoms with Crippen LogP contribution in [-0.4, -0.2) is 31.3 Å². The van der Waals surface area contributed by atoms with Gasteiger partial charge in [0.1, 0.15) is 6.29 Å². The van der Waals surface area contributed by atoms with Gasteiger partial charge in [0.25, 0.3) is 0 Å². The third-order valence-electron chi connectivity index (χ3n) is 4.33. The minimum atomic E-state index is 0.226. The van der Waals surface area contributed by atoms with E-state index in [1.54, 1.807) is 0 Å². The van der Waals surface area contributed by atoms with E-state index in [2.05, 4.69) is 31.0 Å². The highest BCUT2D eigenvalue weighted by Crippen LogP contribution is 2.36. The standard InChI is InChI=1S/C16H23NO/c1-3-16(9-4-5-10-17(2)13-16)15-8-6-7-14(11-15)12-18/h6-8,11-12H,3-5,9-10,13H2,1-2H3. The Bertz CT molecular complexity index is 415. The Morgan fingerprint density at radius 3 is 2.94 bits per heavy atom. The molecule has 1 aliphatic rings. The van der Waals surface area contributed by atoms with Crippen molar-refractivity contribution in [3.63, 3.8) is 0 Å². The second kappa shape index (κ2) is 5.66. The number of hydrogen-bond acceptors (Lipinski definition) is 2. The maximum absolute atomic E-state index is 11.0. The molecule has 0 amide bonds. The molecule has 1 heterocycles. The zero-order valence-corrected chi connectivity index (χ0v) is 11.5. The first-order valence-corrected chi connectivity index (χ1v) is 6.94. The smallest absolute Gasteiger partial charge is 0.150 e. The quantitative estimate of drug-likeness (QED) is 0.762. The van der Waals surface area contributed by atoms with Crippen LogP contribution in [0.1, 0.15) is 48.5 Å². The lowest BCUT2D eigenvalue weighted by atomic mass is 9.74. The third-order valence-corrected chi connectivity index (χ3v) is 4.33. The number of carbonyl (C=O) groups is 1. The molecule has 2 nitrogen and oxygen atoms in total. The molecule has 2 rings (SSSR count). The highest BCUT2D eigenvalue weighted by molar-refractivity contribution is 5.75. The lowest BCUT2D eigenvalue weighted by Gasteiger charge is -2.35. The molecular weight excluding hydrogens is 222 g/mol. The van der Waals surface area contributed by atoms with Crippen molar-refractivity contribution in [3.05, 3.63) is 35.4 Å². The summed E-state index contributed by atoms with van der Waals surface area (Å²) in [4.78, 5) is 13.4. The molecule has 0 aromatic heterocycles. The lowest BCUT2D eigenvalue weighted by molar-refractivity contribution is 0.112. The van der Waals surface area contributed by atoms with Crippen LogP contribution in [0, 0.1) is 0 Å². The van der Waals surface area contributed by atoms with Gasteiger partial charge in [0.2, 0.25) is 0 Å². The molecule has 2 heteroatoms. The Balaban J connectivity index is 2.37. The number of rotatable bonds is 3. The summed E-state index contributed by atoms with van der Waals surface area (Å²) >= 11 is 0. The number of hydrogen-bond donors (Lipinski definition) is 0. The molecule has 1 unspecified atom stereocenters. The molecule has 1 aliphatic heterocycles. The molecule has 0 aliphatic carbocycles. The van der Waals surface area contributed by atoms with Gasteiger partial charge < -0.3 is 4.90 Å². The average molecular weight is 245 g/mol. The molecule has 0 saturated carbocycles. The predicted molar refractivity (Wildman–Crippen MR) is 75.1 cm³/mol. The van der Waals surface area contributed by atoms with E-state index in [-0.39, 0.29) is 5.41 Å². The topological polar surface area (TPSA) is 20.3 Å².